The summed E-state index contributed by atoms with van der Waals surface area (Å²) in [4.78, 5) is 4.09. The van der Waals surface area contributed by atoms with Crippen LogP contribution in [0.3, 0.4) is 0 Å². The molecule has 2 unspecified atom stereocenters. The Morgan fingerprint density at radius 1 is 1.24 bits per heavy atom. The molecule has 0 saturated carbocycles. The van der Waals surface area contributed by atoms with Crippen molar-refractivity contribution in [3.05, 3.63) is 54.4 Å². The number of hydrogen-bond donors (Lipinski definition) is 1. The van der Waals surface area contributed by atoms with Crippen molar-refractivity contribution in [3.63, 3.8) is 0 Å². The molecular formula is C20H26FN3O. The number of nitriles is 1. The number of aliphatic hydroxyl groups excluding tert-OH is 1. The number of rotatable bonds is 9. The number of halogens is 1. The number of hydrogen-bond acceptors (Lipinski definition) is 3. The minimum Gasteiger partial charge on any atom is -0.389 e. The molecule has 0 aliphatic rings. The lowest BCUT2D eigenvalue weighted by Gasteiger charge is -2.37. The first kappa shape index (κ1) is 19.1. The lowest BCUT2D eigenvalue weighted by atomic mass is 9.72. The number of imidazole rings is 1. The molecule has 1 heterocycles. The van der Waals surface area contributed by atoms with E-state index in [2.05, 4.69) is 11.1 Å². The lowest BCUT2D eigenvalue weighted by molar-refractivity contribution is 0.00671. The maximum atomic E-state index is 13.2. The fraction of sp³-hybridized carbons (Fsp3) is 0.500. The topological polar surface area (TPSA) is 61.8 Å². The molecule has 0 aliphatic carbocycles. The van der Waals surface area contributed by atoms with E-state index in [4.69, 9.17) is 0 Å². The highest BCUT2D eigenvalue weighted by Gasteiger charge is 2.41. The Balaban J connectivity index is 2.36. The van der Waals surface area contributed by atoms with Gasteiger partial charge >= 0.3 is 0 Å². The maximum Gasteiger partial charge on any atom is 0.123 e. The Kier molecular flexibility index (Phi) is 6.72. The Morgan fingerprint density at radius 2 is 1.88 bits per heavy atom. The predicted molar refractivity (Wildman–Crippen MR) is 95.2 cm³/mol. The van der Waals surface area contributed by atoms with Crippen LogP contribution < -0.4 is 0 Å². The molecule has 25 heavy (non-hydrogen) atoms. The fourth-order valence-corrected chi connectivity index (χ4v) is 3.57. The molecule has 0 fully saturated rings. The molecule has 2 aromatic rings. The summed E-state index contributed by atoms with van der Waals surface area (Å²) < 4.78 is 15.0. The highest BCUT2D eigenvalue weighted by Crippen LogP contribution is 2.39. The number of benzene rings is 1. The third-order valence-corrected chi connectivity index (χ3v) is 4.81. The molecule has 134 valence electrons. The van der Waals surface area contributed by atoms with E-state index in [1.807, 2.05) is 18.4 Å². The van der Waals surface area contributed by atoms with Crippen LogP contribution in [0, 0.1) is 22.6 Å². The van der Waals surface area contributed by atoms with Crippen molar-refractivity contribution in [2.45, 2.75) is 58.1 Å². The summed E-state index contributed by atoms with van der Waals surface area (Å²) in [5.74, 6) is -0.285. The fourth-order valence-electron chi connectivity index (χ4n) is 3.57. The SMILES string of the molecule is CCCC(C#N)(CCC)C(O)C(Cc1ccc(F)cc1)n1ccnc1. The summed E-state index contributed by atoms with van der Waals surface area (Å²) in [5, 5.41) is 21.1. The monoisotopic (exact) mass is 343 g/mol. The largest absolute Gasteiger partial charge is 0.389 e. The van der Waals surface area contributed by atoms with Crippen LogP contribution in [0.4, 0.5) is 4.39 Å². The van der Waals surface area contributed by atoms with Gasteiger partial charge in [-0.2, -0.15) is 5.26 Å². The van der Waals surface area contributed by atoms with Crippen molar-refractivity contribution in [1.82, 2.24) is 9.55 Å². The average Bonchev–Trinajstić information content (AvgIpc) is 3.14. The van der Waals surface area contributed by atoms with E-state index in [1.165, 1.54) is 12.1 Å². The first-order chi connectivity index (χ1) is 12.1. The zero-order valence-corrected chi connectivity index (χ0v) is 14.9. The molecule has 5 heteroatoms. The van der Waals surface area contributed by atoms with Gasteiger partial charge in [0, 0.05) is 12.4 Å². The number of aliphatic hydroxyl groups is 1. The molecule has 1 aromatic heterocycles. The highest BCUT2D eigenvalue weighted by molar-refractivity contribution is 5.18. The Morgan fingerprint density at radius 3 is 2.36 bits per heavy atom. The number of nitrogens with zero attached hydrogens (tertiary/aromatic N) is 3. The van der Waals surface area contributed by atoms with Crippen molar-refractivity contribution in [3.8, 4) is 6.07 Å². The van der Waals surface area contributed by atoms with Crippen LogP contribution >= 0.6 is 0 Å². The zero-order valence-electron chi connectivity index (χ0n) is 14.9. The molecule has 0 bridgehead atoms. The van der Waals surface area contributed by atoms with E-state index in [9.17, 15) is 14.8 Å². The van der Waals surface area contributed by atoms with Crippen LogP contribution in [-0.2, 0) is 6.42 Å². The third-order valence-electron chi connectivity index (χ3n) is 4.81. The molecule has 1 aromatic carbocycles. The standard InChI is InChI=1S/C20H26FN3O/c1-3-9-20(14-22,10-4-2)19(25)18(24-12-11-23-15-24)13-16-5-7-17(21)8-6-16/h5-8,11-12,15,18-19,25H,3-4,9-10,13H2,1-2H3. The van der Waals surface area contributed by atoms with E-state index >= 15 is 0 Å². The molecule has 0 spiro atoms. The summed E-state index contributed by atoms with van der Waals surface area (Å²) in [6, 6.07) is 8.36. The van der Waals surface area contributed by atoms with Crippen LogP contribution in [-0.4, -0.2) is 20.8 Å². The average molecular weight is 343 g/mol. The molecule has 0 saturated heterocycles. The molecule has 2 atom stereocenters. The Labute approximate surface area is 148 Å². The second-order valence-corrected chi connectivity index (χ2v) is 6.62. The van der Waals surface area contributed by atoms with E-state index in [-0.39, 0.29) is 11.9 Å². The summed E-state index contributed by atoms with van der Waals surface area (Å²) >= 11 is 0. The van der Waals surface area contributed by atoms with E-state index < -0.39 is 11.5 Å². The first-order valence-corrected chi connectivity index (χ1v) is 8.87. The summed E-state index contributed by atoms with van der Waals surface area (Å²) in [7, 11) is 0. The van der Waals surface area contributed by atoms with Gasteiger partial charge in [0.25, 0.3) is 0 Å². The molecule has 2 rings (SSSR count). The van der Waals surface area contributed by atoms with Gasteiger partial charge in [-0.15, -0.1) is 0 Å². The molecule has 0 radical (unpaired) electrons. The zero-order chi connectivity index (χ0) is 18.3. The van der Waals surface area contributed by atoms with Gasteiger partial charge in [-0.05, 0) is 37.0 Å². The minimum atomic E-state index is -0.836. The smallest absolute Gasteiger partial charge is 0.123 e. The van der Waals surface area contributed by atoms with Crippen molar-refractivity contribution in [1.29, 1.82) is 5.26 Å². The van der Waals surface area contributed by atoms with Gasteiger partial charge < -0.3 is 9.67 Å². The summed E-state index contributed by atoms with van der Waals surface area (Å²) in [6.07, 6.45) is 7.76. The lowest BCUT2D eigenvalue weighted by Crippen LogP contribution is -2.41. The molecular weight excluding hydrogens is 317 g/mol. The van der Waals surface area contributed by atoms with Crippen molar-refractivity contribution in [2.75, 3.05) is 0 Å². The second-order valence-electron chi connectivity index (χ2n) is 6.62. The minimum absolute atomic E-state index is 0.285. The quantitative estimate of drug-likeness (QED) is 0.739. The second kappa shape index (κ2) is 8.77. The number of aromatic nitrogens is 2. The van der Waals surface area contributed by atoms with Gasteiger partial charge in [-0.1, -0.05) is 38.8 Å². The van der Waals surface area contributed by atoms with Crippen molar-refractivity contribution >= 4 is 0 Å². The first-order valence-electron chi connectivity index (χ1n) is 8.87. The summed E-state index contributed by atoms with van der Waals surface area (Å²) in [5.41, 5.74) is 0.123. The van der Waals surface area contributed by atoms with Crippen LogP contribution in [0.15, 0.2) is 43.0 Å². The van der Waals surface area contributed by atoms with Gasteiger partial charge in [0.2, 0.25) is 0 Å². The molecule has 0 amide bonds. The van der Waals surface area contributed by atoms with Gasteiger partial charge in [0.05, 0.1) is 30.0 Å². The molecule has 0 aliphatic heterocycles. The van der Waals surface area contributed by atoms with E-state index in [0.717, 1.165) is 18.4 Å². The van der Waals surface area contributed by atoms with Crippen molar-refractivity contribution < 1.29 is 9.50 Å². The van der Waals surface area contributed by atoms with E-state index in [0.29, 0.717) is 19.3 Å². The maximum absolute atomic E-state index is 13.2. The summed E-state index contributed by atoms with van der Waals surface area (Å²) in [6.45, 7) is 4.06. The van der Waals surface area contributed by atoms with Crippen LogP contribution in [0.2, 0.25) is 0 Å². The highest BCUT2D eigenvalue weighted by atomic mass is 19.1. The van der Waals surface area contributed by atoms with Gasteiger partial charge in [-0.3, -0.25) is 0 Å². The Hall–Kier alpha value is -2.19. The van der Waals surface area contributed by atoms with E-state index in [1.54, 1.807) is 30.9 Å². The molecule has 4 nitrogen and oxygen atoms in total. The Bertz CT molecular complexity index is 670. The van der Waals surface area contributed by atoms with Gasteiger partial charge in [0.15, 0.2) is 0 Å². The van der Waals surface area contributed by atoms with Crippen LogP contribution in [0.25, 0.3) is 0 Å². The predicted octanol–water partition coefficient (Wildman–Crippen LogP) is 4.28. The third kappa shape index (κ3) is 4.46. The van der Waals surface area contributed by atoms with Crippen molar-refractivity contribution in [2.24, 2.45) is 5.41 Å². The van der Waals surface area contributed by atoms with Gasteiger partial charge in [-0.25, -0.2) is 9.37 Å². The van der Waals surface area contributed by atoms with Crippen LogP contribution in [0.1, 0.15) is 51.1 Å². The molecule has 1 N–H and O–H groups in total. The van der Waals surface area contributed by atoms with Crippen LogP contribution in [0.5, 0.6) is 0 Å². The van der Waals surface area contributed by atoms with Gasteiger partial charge in [0.1, 0.15) is 5.82 Å². The normalized spacial score (nSPS) is 14.0.